The minimum Gasteiger partial charge on any atom is -0.454 e. The van der Waals surface area contributed by atoms with Crippen molar-refractivity contribution in [1.29, 1.82) is 0 Å². The summed E-state index contributed by atoms with van der Waals surface area (Å²) in [6.07, 6.45) is 13.8. The predicted molar refractivity (Wildman–Crippen MR) is 195 cm³/mol. The third-order valence-electron chi connectivity index (χ3n) is 10.8. The summed E-state index contributed by atoms with van der Waals surface area (Å²) >= 11 is 2.00. The van der Waals surface area contributed by atoms with Crippen molar-refractivity contribution >= 4 is 67.0 Å². The molecule has 1 aliphatic heterocycles. The molecule has 0 saturated heterocycles. The van der Waals surface area contributed by atoms with Crippen LogP contribution in [0.15, 0.2) is 142 Å². The van der Waals surface area contributed by atoms with Gasteiger partial charge in [-0.1, -0.05) is 111 Å². The van der Waals surface area contributed by atoms with Crippen LogP contribution in [0.3, 0.4) is 0 Å². The standard InChI is InChI=1S/C43H33NOS/c1-43(2)35-15-7-5-12-30(35)34-24-27(20-22-36(34)43)44(28-19-21-32-31-13-6-8-17-39(31)46-40(32)25-28)37-16-9-14-33-41-29-11-4-3-10-26(29)18-23-38(41)45-42(33)37/h3-16,18-21,23-25,36,39H,17,22H2,1-2H3. The van der Waals surface area contributed by atoms with Crippen molar-refractivity contribution in [2.24, 2.45) is 5.92 Å². The van der Waals surface area contributed by atoms with E-state index in [0.29, 0.717) is 11.2 Å². The zero-order chi connectivity index (χ0) is 30.6. The van der Waals surface area contributed by atoms with Gasteiger partial charge in [0, 0.05) is 32.3 Å². The quantitative estimate of drug-likeness (QED) is 0.198. The van der Waals surface area contributed by atoms with E-state index in [-0.39, 0.29) is 5.41 Å². The van der Waals surface area contributed by atoms with Gasteiger partial charge in [0.25, 0.3) is 0 Å². The highest BCUT2D eigenvalue weighted by Crippen LogP contribution is 2.55. The molecular weight excluding hydrogens is 579 g/mol. The van der Waals surface area contributed by atoms with E-state index in [9.17, 15) is 0 Å². The summed E-state index contributed by atoms with van der Waals surface area (Å²) in [4.78, 5) is 3.82. The smallest absolute Gasteiger partial charge is 0.159 e. The second-order valence-corrected chi connectivity index (χ2v) is 14.9. The Morgan fingerprint density at radius 1 is 0.804 bits per heavy atom. The molecule has 0 amide bonds. The van der Waals surface area contributed by atoms with E-state index in [1.807, 2.05) is 11.8 Å². The van der Waals surface area contributed by atoms with Gasteiger partial charge in [-0.3, -0.25) is 0 Å². The Morgan fingerprint density at radius 3 is 2.63 bits per heavy atom. The van der Waals surface area contributed by atoms with Crippen LogP contribution in [0.4, 0.5) is 11.4 Å². The van der Waals surface area contributed by atoms with Gasteiger partial charge in [-0.25, -0.2) is 0 Å². The summed E-state index contributed by atoms with van der Waals surface area (Å²) in [6, 6.07) is 35.7. The number of allylic oxidation sites excluding steroid dienone is 6. The average Bonchev–Trinajstić information content (AvgIpc) is 3.73. The maximum atomic E-state index is 6.82. The third kappa shape index (κ3) is 3.67. The van der Waals surface area contributed by atoms with Gasteiger partial charge in [-0.05, 0) is 93.1 Å². The Labute approximate surface area is 273 Å². The fraction of sp³-hybridized carbons (Fsp3) is 0.163. The van der Waals surface area contributed by atoms with Crippen LogP contribution in [0.5, 0.6) is 0 Å². The molecule has 1 aromatic heterocycles. The molecule has 0 spiro atoms. The summed E-state index contributed by atoms with van der Waals surface area (Å²) in [5, 5.41) is 5.30. The van der Waals surface area contributed by atoms with Crippen LogP contribution in [-0.4, -0.2) is 5.25 Å². The largest absolute Gasteiger partial charge is 0.454 e. The molecule has 6 aromatic rings. The van der Waals surface area contributed by atoms with Crippen molar-refractivity contribution in [3.8, 4) is 0 Å². The van der Waals surface area contributed by atoms with Crippen LogP contribution in [-0.2, 0) is 5.41 Å². The number of rotatable bonds is 3. The van der Waals surface area contributed by atoms with E-state index >= 15 is 0 Å². The Bertz CT molecular complexity index is 2400. The lowest BCUT2D eigenvalue weighted by Crippen LogP contribution is -2.26. The van der Waals surface area contributed by atoms with Gasteiger partial charge >= 0.3 is 0 Å². The third-order valence-corrected chi connectivity index (χ3v) is 12.1. The van der Waals surface area contributed by atoms with Crippen molar-refractivity contribution in [3.05, 3.63) is 150 Å². The molecule has 2 nitrogen and oxygen atoms in total. The Kier molecular flexibility index (Phi) is 5.55. The molecule has 3 heteroatoms. The van der Waals surface area contributed by atoms with Crippen molar-refractivity contribution < 1.29 is 4.42 Å². The van der Waals surface area contributed by atoms with Crippen LogP contribution in [0.2, 0.25) is 0 Å². The lowest BCUT2D eigenvalue weighted by molar-refractivity contribution is 0.413. The lowest BCUT2D eigenvalue weighted by atomic mass is 9.74. The first kappa shape index (κ1) is 26.5. The SMILES string of the molecule is CC1(C)c2ccccc2C2=CC(N(c3ccc4c(c3)SC3CC=CC=C43)c3cccc4c3oc3ccc5ccccc5c34)=CCC21. The van der Waals surface area contributed by atoms with Crippen molar-refractivity contribution in [2.45, 2.75) is 42.2 Å². The zero-order valence-corrected chi connectivity index (χ0v) is 26.8. The van der Waals surface area contributed by atoms with E-state index in [0.717, 1.165) is 35.1 Å². The summed E-state index contributed by atoms with van der Waals surface area (Å²) in [6.45, 7) is 4.82. The van der Waals surface area contributed by atoms with E-state index in [2.05, 4.69) is 146 Å². The molecule has 2 unspecified atom stereocenters. The molecule has 0 radical (unpaired) electrons. The summed E-state index contributed by atoms with van der Waals surface area (Å²) in [7, 11) is 0. The lowest BCUT2D eigenvalue weighted by Gasteiger charge is -2.33. The number of thioether (sulfide) groups is 1. The molecule has 3 aliphatic carbocycles. The number of benzene rings is 5. The molecule has 10 rings (SSSR count). The molecule has 0 saturated carbocycles. The van der Waals surface area contributed by atoms with E-state index in [1.54, 1.807) is 0 Å². The normalized spacial score (nSPS) is 20.6. The van der Waals surface area contributed by atoms with Crippen molar-refractivity contribution in [1.82, 2.24) is 0 Å². The Hall–Kier alpha value is -4.73. The van der Waals surface area contributed by atoms with Crippen LogP contribution in [0, 0.1) is 5.92 Å². The first-order chi connectivity index (χ1) is 22.6. The molecule has 2 atom stereocenters. The number of para-hydroxylation sites is 1. The summed E-state index contributed by atoms with van der Waals surface area (Å²) in [5.74, 6) is 0.460. The highest BCUT2D eigenvalue weighted by molar-refractivity contribution is 8.00. The summed E-state index contributed by atoms with van der Waals surface area (Å²) < 4.78 is 6.82. The minimum atomic E-state index is 0.0946. The van der Waals surface area contributed by atoms with Crippen molar-refractivity contribution in [2.75, 3.05) is 4.90 Å². The highest BCUT2D eigenvalue weighted by Gasteiger charge is 2.43. The van der Waals surface area contributed by atoms with Crippen LogP contribution in [0.25, 0.3) is 43.9 Å². The van der Waals surface area contributed by atoms with Gasteiger partial charge in [-0.15, -0.1) is 11.8 Å². The van der Waals surface area contributed by atoms with Gasteiger partial charge in [0.1, 0.15) is 5.58 Å². The van der Waals surface area contributed by atoms with Crippen molar-refractivity contribution in [3.63, 3.8) is 0 Å². The number of hydrogen-bond acceptors (Lipinski definition) is 3. The minimum absolute atomic E-state index is 0.0946. The second kappa shape index (κ2) is 9.64. The molecule has 0 N–H and O–H groups in total. The van der Waals surface area contributed by atoms with E-state index in [4.69, 9.17) is 4.42 Å². The summed E-state index contributed by atoms with van der Waals surface area (Å²) in [5.41, 5.74) is 12.5. The average molecular weight is 612 g/mol. The van der Waals surface area contributed by atoms with Crippen LogP contribution in [0.1, 0.15) is 43.4 Å². The van der Waals surface area contributed by atoms with Crippen LogP contribution >= 0.6 is 11.8 Å². The number of fused-ring (bicyclic) bond motifs is 11. The molecule has 0 fully saturated rings. The fourth-order valence-electron chi connectivity index (χ4n) is 8.55. The maximum absolute atomic E-state index is 6.82. The molecule has 5 aromatic carbocycles. The van der Waals surface area contributed by atoms with Gasteiger partial charge in [0.15, 0.2) is 5.58 Å². The molecule has 4 aliphatic rings. The molecular formula is C43H33NOS. The molecule has 46 heavy (non-hydrogen) atoms. The molecule has 2 heterocycles. The van der Waals surface area contributed by atoms with Gasteiger partial charge < -0.3 is 9.32 Å². The van der Waals surface area contributed by atoms with Crippen LogP contribution < -0.4 is 4.90 Å². The highest BCUT2D eigenvalue weighted by atomic mass is 32.2. The molecule has 0 bridgehead atoms. The Morgan fingerprint density at radius 2 is 1.67 bits per heavy atom. The second-order valence-electron chi connectivity index (χ2n) is 13.6. The molecule has 222 valence electrons. The number of furan rings is 1. The maximum Gasteiger partial charge on any atom is 0.159 e. The number of nitrogens with zero attached hydrogens (tertiary/aromatic N) is 1. The first-order valence-corrected chi connectivity index (χ1v) is 17.3. The number of anilines is 2. The van der Waals surface area contributed by atoms with Gasteiger partial charge in [-0.2, -0.15) is 0 Å². The Balaban J connectivity index is 1.20. The topological polar surface area (TPSA) is 16.4 Å². The fourth-order valence-corrected chi connectivity index (χ4v) is 9.90. The predicted octanol–water partition coefficient (Wildman–Crippen LogP) is 12.0. The van der Waals surface area contributed by atoms with E-state index in [1.165, 1.54) is 60.3 Å². The monoisotopic (exact) mass is 611 g/mol. The van der Waals surface area contributed by atoms with Gasteiger partial charge in [0.2, 0.25) is 0 Å². The van der Waals surface area contributed by atoms with Gasteiger partial charge in [0.05, 0.1) is 5.69 Å². The first-order valence-electron chi connectivity index (χ1n) is 16.4. The number of hydrogen-bond donors (Lipinski definition) is 0. The zero-order valence-electron chi connectivity index (χ0n) is 26.0. The van der Waals surface area contributed by atoms with E-state index < -0.39 is 0 Å².